The fourth-order valence-electron chi connectivity index (χ4n) is 2.78. The first-order valence-corrected chi connectivity index (χ1v) is 8.70. The molecule has 1 saturated heterocycles. The second-order valence-corrected chi connectivity index (χ2v) is 7.42. The molecule has 0 radical (unpaired) electrons. The molecule has 1 fully saturated rings. The van der Waals surface area contributed by atoms with Crippen LogP contribution in [0.3, 0.4) is 0 Å². The molecule has 1 aromatic heterocycles. The number of nitrogens with zero attached hydrogens (tertiary/aromatic N) is 2. The van der Waals surface area contributed by atoms with Crippen LogP contribution in [-0.2, 0) is 0 Å². The van der Waals surface area contributed by atoms with Gasteiger partial charge in [0.05, 0.1) is 5.69 Å². The fraction of sp³-hybridized carbons (Fsp3) is 0.444. The number of piperidine rings is 1. The Hall–Kier alpha value is -1.68. The van der Waals surface area contributed by atoms with Crippen LogP contribution >= 0.6 is 11.3 Å². The molecule has 3 nitrogen and oxygen atoms in total. The molecule has 22 heavy (non-hydrogen) atoms. The molecule has 1 aliphatic rings. The number of aryl methyl sites for hydroxylation is 2. The van der Waals surface area contributed by atoms with Crippen molar-refractivity contribution in [2.75, 3.05) is 13.1 Å². The molecule has 1 aromatic carbocycles. The van der Waals surface area contributed by atoms with Crippen molar-refractivity contribution in [1.82, 2.24) is 9.88 Å². The van der Waals surface area contributed by atoms with Gasteiger partial charge >= 0.3 is 0 Å². The van der Waals surface area contributed by atoms with Crippen molar-refractivity contribution < 1.29 is 4.79 Å². The van der Waals surface area contributed by atoms with Crippen molar-refractivity contribution in [2.45, 2.75) is 33.6 Å². The molecule has 4 heteroatoms. The topological polar surface area (TPSA) is 33.2 Å². The molecule has 0 aliphatic carbocycles. The number of thiazole rings is 1. The highest BCUT2D eigenvalue weighted by molar-refractivity contribution is 7.15. The van der Waals surface area contributed by atoms with Gasteiger partial charge in [0.25, 0.3) is 5.91 Å². The lowest BCUT2D eigenvalue weighted by Crippen LogP contribution is -2.37. The molecule has 1 amide bonds. The number of hydrogen-bond acceptors (Lipinski definition) is 3. The third kappa shape index (κ3) is 3.07. The van der Waals surface area contributed by atoms with Gasteiger partial charge in [-0.25, -0.2) is 4.98 Å². The summed E-state index contributed by atoms with van der Waals surface area (Å²) in [7, 11) is 0. The fourth-order valence-corrected chi connectivity index (χ4v) is 3.69. The average Bonchev–Trinajstić information content (AvgIpc) is 2.87. The molecule has 0 unspecified atom stereocenters. The van der Waals surface area contributed by atoms with Crippen molar-refractivity contribution >= 4 is 17.2 Å². The Morgan fingerprint density at radius 3 is 2.64 bits per heavy atom. The van der Waals surface area contributed by atoms with E-state index < -0.39 is 0 Å². The smallest absolute Gasteiger partial charge is 0.253 e. The first kappa shape index (κ1) is 15.2. The second-order valence-electron chi connectivity index (χ2n) is 6.22. The van der Waals surface area contributed by atoms with Gasteiger partial charge in [0, 0.05) is 29.1 Å². The van der Waals surface area contributed by atoms with E-state index in [2.05, 4.69) is 18.8 Å². The van der Waals surface area contributed by atoms with E-state index in [9.17, 15) is 4.79 Å². The van der Waals surface area contributed by atoms with Crippen LogP contribution in [0.1, 0.15) is 40.7 Å². The molecule has 3 rings (SSSR count). The zero-order valence-electron chi connectivity index (χ0n) is 13.4. The summed E-state index contributed by atoms with van der Waals surface area (Å²) >= 11 is 1.69. The van der Waals surface area contributed by atoms with Gasteiger partial charge < -0.3 is 4.90 Å². The van der Waals surface area contributed by atoms with Gasteiger partial charge in [0.15, 0.2) is 0 Å². The highest BCUT2D eigenvalue weighted by Gasteiger charge is 2.21. The van der Waals surface area contributed by atoms with E-state index in [0.29, 0.717) is 0 Å². The molecule has 1 aliphatic heterocycles. The summed E-state index contributed by atoms with van der Waals surface area (Å²) in [5.74, 6) is 0.885. The largest absolute Gasteiger partial charge is 0.339 e. The van der Waals surface area contributed by atoms with Crippen LogP contribution in [0.4, 0.5) is 0 Å². The summed E-state index contributed by atoms with van der Waals surface area (Å²) in [6, 6.07) is 7.89. The van der Waals surface area contributed by atoms with Gasteiger partial charge in [0.1, 0.15) is 5.01 Å². The lowest BCUT2D eigenvalue weighted by molar-refractivity contribution is 0.0697. The zero-order valence-corrected chi connectivity index (χ0v) is 14.2. The normalized spacial score (nSPS) is 16.0. The standard InChI is InChI=1S/C18H22N2OS/c1-12-7-9-20(10-8-12)18(21)16-6-4-5-15(11-16)17-19-13(2)14(3)22-17/h4-6,11-12H,7-10H2,1-3H3. The Morgan fingerprint density at radius 1 is 1.27 bits per heavy atom. The summed E-state index contributed by atoms with van der Waals surface area (Å²) in [5.41, 5.74) is 2.89. The number of amides is 1. The molecule has 116 valence electrons. The van der Waals surface area contributed by atoms with E-state index in [1.807, 2.05) is 36.1 Å². The first-order chi connectivity index (χ1) is 10.5. The highest BCUT2D eigenvalue weighted by Crippen LogP contribution is 2.28. The maximum absolute atomic E-state index is 12.7. The summed E-state index contributed by atoms with van der Waals surface area (Å²) < 4.78 is 0. The van der Waals surface area contributed by atoms with Crippen LogP contribution in [0, 0.1) is 19.8 Å². The Bertz CT molecular complexity index is 665. The van der Waals surface area contributed by atoms with Gasteiger partial charge in [-0.3, -0.25) is 4.79 Å². The molecular formula is C18H22N2OS. The van der Waals surface area contributed by atoms with E-state index >= 15 is 0 Å². The molecule has 0 N–H and O–H groups in total. The van der Waals surface area contributed by atoms with Crippen LogP contribution in [0.2, 0.25) is 0 Å². The van der Waals surface area contributed by atoms with Crippen molar-refractivity contribution in [2.24, 2.45) is 5.92 Å². The Balaban J connectivity index is 1.83. The van der Waals surface area contributed by atoms with Crippen LogP contribution in [0.25, 0.3) is 10.6 Å². The second kappa shape index (κ2) is 6.21. The maximum Gasteiger partial charge on any atom is 0.253 e. The average molecular weight is 314 g/mol. The highest BCUT2D eigenvalue weighted by atomic mass is 32.1. The van der Waals surface area contributed by atoms with E-state index in [1.165, 1.54) is 4.88 Å². The van der Waals surface area contributed by atoms with Crippen LogP contribution < -0.4 is 0 Å². The SMILES string of the molecule is Cc1nc(-c2cccc(C(=O)N3CCC(C)CC3)c2)sc1C. The quantitative estimate of drug-likeness (QED) is 0.828. The number of aromatic nitrogens is 1. The molecule has 0 spiro atoms. The van der Waals surface area contributed by atoms with Crippen molar-refractivity contribution in [3.8, 4) is 10.6 Å². The van der Waals surface area contributed by atoms with Crippen molar-refractivity contribution in [3.05, 3.63) is 40.4 Å². The van der Waals surface area contributed by atoms with Gasteiger partial charge in [-0.1, -0.05) is 19.1 Å². The third-order valence-corrected chi connectivity index (χ3v) is 5.58. The summed E-state index contributed by atoms with van der Waals surface area (Å²) in [4.78, 5) is 20.5. The lowest BCUT2D eigenvalue weighted by atomic mass is 9.98. The Labute approximate surface area is 136 Å². The summed E-state index contributed by atoms with van der Waals surface area (Å²) in [5, 5.41) is 0.997. The maximum atomic E-state index is 12.7. The van der Waals surface area contributed by atoms with Crippen LogP contribution in [0.15, 0.2) is 24.3 Å². The predicted molar refractivity (Wildman–Crippen MR) is 91.3 cm³/mol. The minimum absolute atomic E-state index is 0.152. The van der Waals surface area contributed by atoms with Gasteiger partial charge in [0.2, 0.25) is 0 Å². The zero-order chi connectivity index (χ0) is 15.7. The molecule has 2 aromatic rings. The molecular weight excluding hydrogens is 292 g/mol. The molecule has 0 atom stereocenters. The molecule has 0 bridgehead atoms. The number of carbonyl (C=O) groups is 1. The Kier molecular flexibility index (Phi) is 4.30. The van der Waals surface area contributed by atoms with E-state index in [-0.39, 0.29) is 5.91 Å². The number of hydrogen-bond donors (Lipinski definition) is 0. The van der Waals surface area contributed by atoms with Crippen molar-refractivity contribution in [1.29, 1.82) is 0 Å². The van der Waals surface area contributed by atoms with E-state index in [4.69, 9.17) is 0 Å². The number of rotatable bonds is 2. The van der Waals surface area contributed by atoms with Gasteiger partial charge in [-0.15, -0.1) is 11.3 Å². The summed E-state index contributed by atoms with van der Waals surface area (Å²) in [6.07, 6.45) is 2.21. The van der Waals surface area contributed by atoms with E-state index in [1.54, 1.807) is 11.3 Å². The predicted octanol–water partition coefficient (Wildman–Crippen LogP) is 4.30. The van der Waals surface area contributed by atoms with Crippen LogP contribution in [-0.4, -0.2) is 28.9 Å². The summed E-state index contributed by atoms with van der Waals surface area (Å²) in [6.45, 7) is 8.12. The number of likely N-dealkylation sites (tertiary alicyclic amines) is 1. The number of carbonyl (C=O) groups excluding carboxylic acids is 1. The monoisotopic (exact) mass is 314 g/mol. The van der Waals surface area contributed by atoms with Gasteiger partial charge in [-0.05, 0) is 44.7 Å². The Morgan fingerprint density at radius 2 is 2.00 bits per heavy atom. The van der Waals surface area contributed by atoms with Crippen LogP contribution in [0.5, 0.6) is 0 Å². The molecule has 0 saturated carbocycles. The third-order valence-electron chi connectivity index (χ3n) is 4.46. The van der Waals surface area contributed by atoms with Gasteiger partial charge in [-0.2, -0.15) is 0 Å². The molecule has 2 heterocycles. The van der Waals surface area contributed by atoms with Crippen molar-refractivity contribution in [3.63, 3.8) is 0 Å². The van der Waals surface area contributed by atoms with E-state index in [0.717, 1.165) is 53.7 Å². The number of benzene rings is 1. The lowest BCUT2D eigenvalue weighted by Gasteiger charge is -2.30. The minimum atomic E-state index is 0.152. The first-order valence-electron chi connectivity index (χ1n) is 7.88. The minimum Gasteiger partial charge on any atom is -0.339 e.